The standard InChI is InChI=1S/C16H34O2.C11H24O2.C10H22O2/c1-3-4-5-6-7-8-9-10-11-12-13-16(2,14-17)15-18;1-6-10(2,3)8-13-9-11(4,5)7-12;1-3-4-5-6-7-10(2,8-11)9-12/h17-18H,3-15H2,1-2H3;12H,6-9H2,1-5H3;11-12H,3-9H2,1-2H3. The molecular formula is C37H80O6. The maximum atomic E-state index is 9.17. The molecule has 5 N–H and O–H groups in total. The van der Waals surface area contributed by atoms with Crippen molar-refractivity contribution in [2.24, 2.45) is 21.7 Å². The van der Waals surface area contributed by atoms with Crippen molar-refractivity contribution < 1.29 is 30.3 Å². The number of hydrogen-bond acceptors (Lipinski definition) is 6. The molecule has 0 atom stereocenters. The Balaban J connectivity index is -0.000000574. The third kappa shape index (κ3) is 31.5. The molecule has 6 heteroatoms. The maximum absolute atomic E-state index is 9.17. The topological polar surface area (TPSA) is 110 Å². The Labute approximate surface area is 269 Å². The van der Waals surface area contributed by atoms with Gasteiger partial charge in [0.15, 0.2) is 0 Å². The molecule has 0 bridgehead atoms. The molecule has 0 spiro atoms. The second kappa shape index (κ2) is 29.2. The summed E-state index contributed by atoms with van der Waals surface area (Å²) in [6.07, 6.45) is 21.1. The van der Waals surface area contributed by atoms with Crippen LogP contribution in [0.2, 0.25) is 0 Å². The molecule has 0 rings (SSSR count). The predicted octanol–water partition coefficient (Wildman–Crippen LogP) is 8.69. The van der Waals surface area contributed by atoms with Gasteiger partial charge in [-0.05, 0) is 24.7 Å². The van der Waals surface area contributed by atoms with Crippen molar-refractivity contribution in [1.82, 2.24) is 0 Å². The molecule has 0 aromatic carbocycles. The number of hydrogen-bond donors (Lipinski definition) is 5. The van der Waals surface area contributed by atoms with Crippen LogP contribution in [0.25, 0.3) is 0 Å². The van der Waals surface area contributed by atoms with Gasteiger partial charge in [0.25, 0.3) is 0 Å². The summed E-state index contributed by atoms with van der Waals surface area (Å²) in [4.78, 5) is 0. The van der Waals surface area contributed by atoms with Crippen molar-refractivity contribution in [2.75, 3.05) is 46.2 Å². The molecule has 0 fully saturated rings. The highest BCUT2D eigenvalue weighted by atomic mass is 16.5. The number of rotatable bonds is 26. The van der Waals surface area contributed by atoms with Crippen LogP contribution in [0.4, 0.5) is 0 Å². The lowest BCUT2D eigenvalue weighted by Gasteiger charge is -2.26. The molecule has 0 saturated carbocycles. The molecule has 0 saturated heterocycles. The second-order valence-electron chi connectivity index (χ2n) is 15.3. The van der Waals surface area contributed by atoms with E-state index < -0.39 is 0 Å². The fraction of sp³-hybridized carbons (Fsp3) is 1.00. The molecule has 6 nitrogen and oxygen atoms in total. The van der Waals surface area contributed by atoms with Crippen LogP contribution in [0.15, 0.2) is 0 Å². The van der Waals surface area contributed by atoms with Crippen molar-refractivity contribution >= 4 is 0 Å². The average molecular weight is 621 g/mol. The molecular weight excluding hydrogens is 540 g/mol. The van der Waals surface area contributed by atoms with E-state index in [1.54, 1.807) is 0 Å². The minimum atomic E-state index is -0.264. The molecule has 43 heavy (non-hydrogen) atoms. The minimum absolute atomic E-state index is 0.0929. The lowest BCUT2D eigenvalue weighted by molar-refractivity contribution is -0.00643. The van der Waals surface area contributed by atoms with Crippen LogP contribution in [-0.2, 0) is 4.74 Å². The summed E-state index contributed by atoms with van der Waals surface area (Å²) in [5.74, 6) is 0. The second-order valence-corrected chi connectivity index (χ2v) is 15.3. The molecule has 0 aliphatic heterocycles. The monoisotopic (exact) mass is 621 g/mol. The summed E-state index contributed by atoms with van der Waals surface area (Å²) < 4.78 is 5.58. The van der Waals surface area contributed by atoms with Crippen molar-refractivity contribution in [1.29, 1.82) is 0 Å². The van der Waals surface area contributed by atoms with E-state index in [1.165, 1.54) is 77.0 Å². The van der Waals surface area contributed by atoms with Gasteiger partial charge >= 0.3 is 0 Å². The number of aliphatic hydroxyl groups is 5. The first-order chi connectivity index (χ1) is 20.2. The van der Waals surface area contributed by atoms with E-state index in [2.05, 4.69) is 34.6 Å². The van der Waals surface area contributed by atoms with Crippen LogP contribution in [-0.4, -0.2) is 71.8 Å². The van der Waals surface area contributed by atoms with Crippen LogP contribution >= 0.6 is 0 Å². The third-order valence-corrected chi connectivity index (χ3v) is 8.67. The van der Waals surface area contributed by atoms with Gasteiger partial charge in [-0.25, -0.2) is 0 Å². The van der Waals surface area contributed by atoms with E-state index in [1.807, 2.05) is 27.7 Å². The largest absolute Gasteiger partial charge is 0.396 e. The number of ether oxygens (including phenoxy) is 1. The average Bonchev–Trinajstić information content (AvgIpc) is 3.00. The van der Waals surface area contributed by atoms with Crippen molar-refractivity contribution in [3.05, 3.63) is 0 Å². The highest BCUT2D eigenvalue weighted by Crippen LogP contribution is 2.25. The molecule has 0 amide bonds. The van der Waals surface area contributed by atoms with Gasteiger partial charge in [-0.15, -0.1) is 0 Å². The maximum Gasteiger partial charge on any atom is 0.0539 e. The van der Waals surface area contributed by atoms with E-state index in [0.29, 0.717) is 6.61 Å². The number of unbranched alkanes of at least 4 members (excludes halogenated alkanes) is 12. The Morgan fingerprint density at radius 2 is 0.698 bits per heavy atom. The van der Waals surface area contributed by atoms with Crippen molar-refractivity contribution in [2.45, 2.75) is 171 Å². The number of aliphatic hydroxyl groups excluding tert-OH is 5. The van der Waals surface area contributed by atoms with Crippen molar-refractivity contribution in [3.8, 4) is 0 Å². The van der Waals surface area contributed by atoms with Crippen LogP contribution in [0.3, 0.4) is 0 Å². The van der Waals surface area contributed by atoms with Gasteiger partial charge in [-0.1, -0.05) is 152 Å². The van der Waals surface area contributed by atoms with Crippen LogP contribution in [0.5, 0.6) is 0 Å². The Kier molecular flexibility index (Phi) is 32.0. The van der Waals surface area contributed by atoms with Gasteiger partial charge in [0.2, 0.25) is 0 Å². The van der Waals surface area contributed by atoms with Gasteiger partial charge in [0.05, 0.1) is 46.2 Å². The van der Waals surface area contributed by atoms with Gasteiger partial charge in [-0.3, -0.25) is 0 Å². The van der Waals surface area contributed by atoms with E-state index in [4.69, 9.17) is 30.3 Å². The highest BCUT2D eigenvalue weighted by molar-refractivity contribution is 4.72. The Bertz CT molecular complexity index is 539. The molecule has 0 heterocycles. The first-order valence-corrected chi connectivity index (χ1v) is 17.8. The van der Waals surface area contributed by atoms with Gasteiger partial charge in [-0.2, -0.15) is 0 Å². The Morgan fingerprint density at radius 1 is 0.395 bits per heavy atom. The minimum Gasteiger partial charge on any atom is -0.396 e. The molecule has 0 aliphatic rings. The summed E-state index contributed by atoms with van der Waals surface area (Å²) in [5, 5.41) is 45.3. The summed E-state index contributed by atoms with van der Waals surface area (Å²) in [6, 6.07) is 0. The van der Waals surface area contributed by atoms with Crippen LogP contribution in [0.1, 0.15) is 171 Å². The lowest BCUT2D eigenvalue weighted by Crippen LogP contribution is -2.27. The molecule has 264 valence electrons. The fourth-order valence-corrected chi connectivity index (χ4v) is 4.19. The van der Waals surface area contributed by atoms with E-state index in [-0.39, 0.29) is 54.7 Å². The Morgan fingerprint density at radius 3 is 1.00 bits per heavy atom. The summed E-state index contributed by atoms with van der Waals surface area (Å²) in [7, 11) is 0. The van der Waals surface area contributed by atoms with E-state index in [0.717, 1.165) is 38.7 Å². The first kappa shape index (κ1) is 47.2. The quantitative estimate of drug-likeness (QED) is 0.0619. The smallest absolute Gasteiger partial charge is 0.0539 e. The van der Waals surface area contributed by atoms with Gasteiger partial charge < -0.3 is 30.3 Å². The third-order valence-electron chi connectivity index (χ3n) is 8.67. The first-order valence-electron chi connectivity index (χ1n) is 17.8. The molecule has 0 radical (unpaired) electrons. The zero-order valence-electron chi connectivity index (χ0n) is 30.6. The van der Waals surface area contributed by atoms with Crippen LogP contribution in [0, 0.1) is 21.7 Å². The zero-order chi connectivity index (χ0) is 33.7. The van der Waals surface area contributed by atoms with Crippen molar-refractivity contribution in [3.63, 3.8) is 0 Å². The lowest BCUT2D eigenvalue weighted by atomic mass is 9.86. The van der Waals surface area contributed by atoms with Crippen LogP contribution < -0.4 is 0 Å². The normalized spacial score (nSPS) is 12.4. The van der Waals surface area contributed by atoms with Gasteiger partial charge in [0.1, 0.15) is 0 Å². The summed E-state index contributed by atoms with van der Waals surface area (Å²) in [5.41, 5.74) is -0.372. The van der Waals surface area contributed by atoms with E-state index in [9.17, 15) is 0 Å². The molecule has 0 aliphatic carbocycles. The highest BCUT2D eigenvalue weighted by Gasteiger charge is 2.22. The summed E-state index contributed by atoms with van der Waals surface area (Å²) >= 11 is 0. The van der Waals surface area contributed by atoms with Gasteiger partial charge in [0, 0.05) is 16.2 Å². The zero-order valence-corrected chi connectivity index (χ0v) is 30.6. The molecule has 0 unspecified atom stereocenters. The molecule has 0 aromatic heterocycles. The Hall–Kier alpha value is -0.240. The molecule has 0 aromatic rings. The fourth-order valence-electron chi connectivity index (χ4n) is 4.19. The van der Waals surface area contributed by atoms with E-state index >= 15 is 0 Å². The SMILES string of the molecule is CCC(C)(C)COCC(C)(C)CO.CCCCCCC(C)(CO)CO.CCCCCCCCCCCCC(C)(CO)CO. The summed E-state index contributed by atoms with van der Waals surface area (Å²) in [6.45, 7) is 20.9. The predicted molar refractivity (Wildman–Crippen MR) is 186 cm³/mol.